The van der Waals surface area contributed by atoms with E-state index in [1.807, 2.05) is 0 Å². The lowest BCUT2D eigenvalue weighted by Gasteiger charge is -2.08. The predicted octanol–water partition coefficient (Wildman–Crippen LogP) is 5.31. The Morgan fingerprint density at radius 1 is 1.08 bits per heavy atom. The van der Waals surface area contributed by atoms with Crippen LogP contribution in [0.2, 0.25) is 0 Å². The Hall–Kier alpha value is -2.28. The van der Waals surface area contributed by atoms with Crippen LogP contribution in [0.1, 0.15) is 27.0 Å². The zero-order chi connectivity index (χ0) is 19.1. The first-order valence-electron chi connectivity index (χ1n) is 7.61. The summed E-state index contributed by atoms with van der Waals surface area (Å²) >= 11 is 3.15. The standard InChI is InChI=1S/C19H14BrF3O3/c1-25-16-7-11-6-12(18(24)14(11)9-17(16)26-2)5-10-3-4-13(8-15(10)20)19(21,22)23/h3-5,7-9H,6H2,1-2H3/b12-5+. The third kappa shape index (κ3) is 3.35. The summed E-state index contributed by atoms with van der Waals surface area (Å²) in [5.74, 6) is 0.806. The molecule has 0 bridgehead atoms. The van der Waals surface area contributed by atoms with Gasteiger partial charge in [-0.1, -0.05) is 22.0 Å². The highest BCUT2D eigenvalue weighted by Crippen LogP contribution is 2.38. The van der Waals surface area contributed by atoms with Crippen molar-refractivity contribution < 1.29 is 27.4 Å². The molecular formula is C19H14BrF3O3. The second-order valence-electron chi connectivity index (χ2n) is 5.77. The molecule has 2 aromatic rings. The Labute approximate surface area is 156 Å². The average molecular weight is 427 g/mol. The molecule has 3 rings (SSSR count). The van der Waals surface area contributed by atoms with Gasteiger partial charge < -0.3 is 9.47 Å². The first-order valence-corrected chi connectivity index (χ1v) is 8.40. The van der Waals surface area contributed by atoms with Crippen LogP contribution in [0.3, 0.4) is 0 Å². The number of methoxy groups -OCH3 is 2. The van der Waals surface area contributed by atoms with E-state index in [1.165, 1.54) is 20.3 Å². The van der Waals surface area contributed by atoms with E-state index >= 15 is 0 Å². The number of allylic oxidation sites excluding steroid dienone is 1. The summed E-state index contributed by atoms with van der Waals surface area (Å²) in [6, 6.07) is 6.71. The van der Waals surface area contributed by atoms with Gasteiger partial charge in [0.15, 0.2) is 17.3 Å². The number of ether oxygens (including phenoxy) is 2. The molecule has 26 heavy (non-hydrogen) atoms. The summed E-state index contributed by atoms with van der Waals surface area (Å²) in [7, 11) is 3.00. The third-order valence-electron chi connectivity index (χ3n) is 4.18. The topological polar surface area (TPSA) is 35.5 Å². The molecule has 2 aromatic carbocycles. The molecule has 136 valence electrons. The van der Waals surface area contributed by atoms with Gasteiger partial charge in [0.05, 0.1) is 19.8 Å². The van der Waals surface area contributed by atoms with Crippen LogP contribution >= 0.6 is 15.9 Å². The minimum atomic E-state index is -4.42. The van der Waals surface area contributed by atoms with E-state index in [0.29, 0.717) is 34.6 Å². The van der Waals surface area contributed by atoms with Crippen molar-refractivity contribution in [3.8, 4) is 11.5 Å². The van der Waals surface area contributed by atoms with Crippen molar-refractivity contribution in [3.05, 3.63) is 62.6 Å². The number of Topliss-reactive ketones (excluding diaryl/α,β-unsaturated/α-hetero) is 1. The molecule has 0 aliphatic heterocycles. The van der Waals surface area contributed by atoms with Crippen molar-refractivity contribution in [1.29, 1.82) is 0 Å². The summed E-state index contributed by atoms with van der Waals surface area (Å²) in [5.41, 5.74) is 1.56. The molecule has 7 heteroatoms. The summed E-state index contributed by atoms with van der Waals surface area (Å²) in [5, 5.41) is 0. The largest absolute Gasteiger partial charge is 0.493 e. The molecule has 0 aromatic heterocycles. The minimum absolute atomic E-state index is 0.173. The number of hydrogen-bond acceptors (Lipinski definition) is 3. The Kier molecular flexibility index (Phi) is 4.84. The zero-order valence-corrected chi connectivity index (χ0v) is 15.5. The van der Waals surface area contributed by atoms with Gasteiger partial charge in [-0.05, 0) is 41.5 Å². The van der Waals surface area contributed by atoms with E-state index in [9.17, 15) is 18.0 Å². The molecule has 0 amide bonds. The highest BCUT2D eigenvalue weighted by Gasteiger charge is 2.31. The van der Waals surface area contributed by atoms with Gasteiger partial charge in [-0.3, -0.25) is 4.79 Å². The molecule has 0 atom stereocenters. The Bertz CT molecular complexity index is 917. The smallest absolute Gasteiger partial charge is 0.416 e. The lowest BCUT2D eigenvalue weighted by molar-refractivity contribution is -0.137. The van der Waals surface area contributed by atoms with E-state index in [2.05, 4.69) is 15.9 Å². The third-order valence-corrected chi connectivity index (χ3v) is 4.87. The van der Waals surface area contributed by atoms with Crippen LogP contribution in [0, 0.1) is 0 Å². The fraction of sp³-hybridized carbons (Fsp3) is 0.211. The van der Waals surface area contributed by atoms with E-state index in [0.717, 1.165) is 17.7 Å². The van der Waals surface area contributed by atoms with Crippen LogP contribution in [0.5, 0.6) is 11.5 Å². The molecule has 0 saturated carbocycles. The van der Waals surface area contributed by atoms with Gasteiger partial charge in [0.1, 0.15) is 0 Å². The van der Waals surface area contributed by atoms with Crippen LogP contribution in [-0.2, 0) is 12.6 Å². The zero-order valence-electron chi connectivity index (χ0n) is 13.9. The van der Waals surface area contributed by atoms with Crippen molar-refractivity contribution in [1.82, 2.24) is 0 Å². The predicted molar refractivity (Wildman–Crippen MR) is 94.7 cm³/mol. The summed E-state index contributed by atoms with van der Waals surface area (Å²) in [6.45, 7) is 0. The molecule has 1 aliphatic rings. The first-order chi connectivity index (χ1) is 12.2. The molecule has 0 unspecified atom stereocenters. The molecule has 0 heterocycles. The van der Waals surface area contributed by atoms with E-state index in [-0.39, 0.29) is 10.3 Å². The Morgan fingerprint density at radius 2 is 1.73 bits per heavy atom. The summed E-state index contributed by atoms with van der Waals surface area (Å²) < 4.78 is 49.1. The van der Waals surface area contributed by atoms with Gasteiger partial charge in [0.2, 0.25) is 0 Å². The molecule has 3 nitrogen and oxygen atoms in total. The van der Waals surface area contributed by atoms with Crippen molar-refractivity contribution >= 4 is 27.8 Å². The number of carbonyl (C=O) groups is 1. The van der Waals surface area contributed by atoms with Crippen LogP contribution in [-0.4, -0.2) is 20.0 Å². The van der Waals surface area contributed by atoms with Crippen molar-refractivity contribution in [2.24, 2.45) is 0 Å². The van der Waals surface area contributed by atoms with Gasteiger partial charge in [-0.15, -0.1) is 0 Å². The van der Waals surface area contributed by atoms with Gasteiger partial charge in [-0.2, -0.15) is 13.2 Å². The quantitative estimate of drug-likeness (QED) is 0.624. The van der Waals surface area contributed by atoms with Gasteiger partial charge in [0, 0.05) is 22.0 Å². The number of hydrogen-bond donors (Lipinski definition) is 0. The Morgan fingerprint density at radius 3 is 2.31 bits per heavy atom. The molecule has 0 saturated heterocycles. The maximum absolute atomic E-state index is 12.8. The highest BCUT2D eigenvalue weighted by atomic mass is 79.9. The number of halogens is 4. The normalized spacial score (nSPS) is 15.3. The summed E-state index contributed by atoms with van der Waals surface area (Å²) in [6.07, 6.45) is -2.44. The minimum Gasteiger partial charge on any atom is -0.493 e. The summed E-state index contributed by atoms with van der Waals surface area (Å²) in [4.78, 5) is 12.6. The number of rotatable bonds is 3. The second kappa shape index (κ2) is 6.79. The van der Waals surface area contributed by atoms with Gasteiger partial charge >= 0.3 is 6.18 Å². The SMILES string of the molecule is COc1cc2c(cc1OC)C(=O)/C(=C/c1ccc(C(F)(F)F)cc1Br)C2. The van der Waals surface area contributed by atoms with Crippen LogP contribution in [0.15, 0.2) is 40.4 Å². The second-order valence-corrected chi connectivity index (χ2v) is 6.63. The molecule has 0 N–H and O–H groups in total. The van der Waals surface area contributed by atoms with Gasteiger partial charge in [0.25, 0.3) is 0 Å². The van der Waals surface area contributed by atoms with Crippen LogP contribution < -0.4 is 9.47 Å². The Balaban J connectivity index is 1.97. The van der Waals surface area contributed by atoms with E-state index < -0.39 is 11.7 Å². The van der Waals surface area contributed by atoms with Crippen molar-refractivity contribution in [3.63, 3.8) is 0 Å². The first kappa shape index (κ1) is 18.5. The number of ketones is 1. The number of benzene rings is 2. The maximum atomic E-state index is 12.8. The number of carbonyl (C=O) groups excluding carboxylic acids is 1. The fourth-order valence-corrected chi connectivity index (χ4v) is 3.36. The van der Waals surface area contributed by atoms with Crippen LogP contribution in [0.4, 0.5) is 13.2 Å². The maximum Gasteiger partial charge on any atom is 0.416 e. The molecular weight excluding hydrogens is 413 g/mol. The fourth-order valence-electron chi connectivity index (χ4n) is 2.86. The monoisotopic (exact) mass is 426 g/mol. The number of fused-ring (bicyclic) bond motifs is 1. The van der Waals surface area contributed by atoms with E-state index in [4.69, 9.17) is 9.47 Å². The lowest BCUT2D eigenvalue weighted by atomic mass is 10.1. The van der Waals surface area contributed by atoms with Crippen molar-refractivity contribution in [2.45, 2.75) is 12.6 Å². The van der Waals surface area contributed by atoms with Crippen molar-refractivity contribution in [2.75, 3.05) is 14.2 Å². The molecule has 0 fully saturated rings. The van der Waals surface area contributed by atoms with Crippen LogP contribution in [0.25, 0.3) is 6.08 Å². The lowest BCUT2D eigenvalue weighted by Crippen LogP contribution is -2.04. The van der Waals surface area contributed by atoms with Gasteiger partial charge in [-0.25, -0.2) is 0 Å². The number of alkyl halides is 3. The van der Waals surface area contributed by atoms with E-state index in [1.54, 1.807) is 18.2 Å². The average Bonchev–Trinajstić information content (AvgIpc) is 2.89. The highest BCUT2D eigenvalue weighted by molar-refractivity contribution is 9.10. The molecule has 0 radical (unpaired) electrons. The molecule has 1 aliphatic carbocycles. The molecule has 0 spiro atoms.